The molecule has 0 saturated heterocycles. The number of aryl methyl sites for hydroxylation is 1. The van der Waals surface area contributed by atoms with Crippen LogP contribution in [0.5, 0.6) is 0 Å². The Labute approximate surface area is 161 Å². The van der Waals surface area contributed by atoms with Crippen molar-refractivity contribution in [1.29, 1.82) is 0 Å². The number of imidazole rings is 1. The van der Waals surface area contributed by atoms with Crippen LogP contribution in [0.2, 0.25) is 0 Å². The van der Waals surface area contributed by atoms with E-state index in [1.54, 1.807) is 11.5 Å². The highest BCUT2D eigenvalue weighted by Gasteiger charge is 2.18. The molecule has 0 bridgehead atoms. The van der Waals surface area contributed by atoms with E-state index in [0.717, 1.165) is 38.5 Å². The van der Waals surface area contributed by atoms with Crippen LogP contribution in [0.1, 0.15) is 61.9 Å². The van der Waals surface area contributed by atoms with E-state index in [4.69, 9.17) is 0 Å². The van der Waals surface area contributed by atoms with Gasteiger partial charge in [-0.25, -0.2) is 4.98 Å². The van der Waals surface area contributed by atoms with Gasteiger partial charge in [0.1, 0.15) is 5.82 Å². The van der Waals surface area contributed by atoms with Crippen LogP contribution in [0.4, 0.5) is 0 Å². The summed E-state index contributed by atoms with van der Waals surface area (Å²) in [5, 5.41) is 2.16. The number of fused-ring (bicyclic) bond motifs is 2. The van der Waals surface area contributed by atoms with Gasteiger partial charge >= 0.3 is 0 Å². The van der Waals surface area contributed by atoms with Gasteiger partial charge in [-0.3, -0.25) is 9.36 Å². The van der Waals surface area contributed by atoms with Gasteiger partial charge in [0.2, 0.25) is 5.91 Å². The Bertz CT molecular complexity index is 1080. The summed E-state index contributed by atoms with van der Waals surface area (Å²) in [7, 11) is 0. The Hall–Kier alpha value is -2.94. The fourth-order valence-corrected chi connectivity index (χ4v) is 3.53. The third-order valence-corrected chi connectivity index (χ3v) is 4.73. The zero-order valence-corrected chi connectivity index (χ0v) is 17.2. The van der Waals surface area contributed by atoms with Crippen LogP contribution in [0.25, 0.3) is 39.5 Å². The first kappa shape index (κ1) is 20.4. The van der Waals surface area contributed by atoms with Crippen LogP contribution in [0.3, 0.4) is 0 Å². The van der Waals surface area contributed by atoms with Crippen molar-refractivity contribution in [3.8, 4) is 0 Å². The molecular weight excluding hydrogens is 332 g/mol. The normalized spacial score (nSPS) is 11.3. The molecule has 0 aliphatic rings. The molecule has 0 unspecified atom stereocenters. The fourth-order valence-electron chi connectivity index (χ4n) is 3.53. The Morgan fingerprint density at radius 3 is 2.33 bits per heavy atom. The second-order valence-corrected chi connectivity index (χ2v) is 6.18. The molecule has 0 spiro atoms. The molecule has 140 valence electrons. The van der Waals surface area contributed by atoms with Crippen molar-refractivity contribution < 1.29 is 4.79 Å². The second kappa shape index (κ2) is 8.17. The molecule has 0 fully saturated rings. The van der Waals surface area contributed by atoms with Gasteiger partial charge in [-0.1, -0.05) is 57.4 Å². The van der Waals surface area contributed by atoms with Gasteiger partial charge < -0.3 is 0 Å². The van der Waals surface area contributed by atoms with Gasteiger partial charge in [-0.2, -0.15) is 0 Å². The molecule has 3 heteroatoms. The highest BCUT2D eigenvalue weighted by molar-refractivity contribution is 6.11. The number of carbonyl (C=O) groups is 1. The zero-order chi connectivity index (χ0) is 20.3. The Kier molecular flexibility index (Phi) is 6.17. The molecule has 27 heavy (non-hydrogen) atoms. The van der Waals surface area contributed by atoms with E-state index in [0.29, 0.717) is 5.82 Å². The van der Waals surface area contributed by atoms with Crippen molar-refractivity contribution in [3.05, 3.63) is 59.9 Å². The van der Waals surface area contributed by atoms with Gasteiger partial charge in [0.15, 0.2) is 0 Å². The lowest BCUT2D eigenvalue weighted by Gasteiger charge is -2.15. The number of hydrogen-bond donors (Lipinski definition) is 0. The third-order valence-electron chi connectivity index (χ3n) is 4.73. The number of rotatable bonds is 3. The molecule has 3 nitrogen and oxygen atoms in total. The smallest absolute Gasteiger partial charge is 0.229 e. The maximum absolute atomic E-state index is 12.1. The average molecular weight is 361 g/mol. The lowest BCUT2D eigenvalue weighted by atomic mass is 9.90. The number of carbonyl (C=O) groups excluding carboxylic acids is 1. The monoisotopic (exact) mass is 360 g/mol. The van der Waals surface area contributed by atoms with Crippen LogP contribution < -0.4 is 0 Å². The minimum absolute atomic E-state index is 0.0399. The van der Waals surface area contributed by atoms with Gasteiger partial charge in [0, 0.05) is 12.5 Å². The molecule has 0 aliphatic carbocycles. The minimum atomic E-state index is -0.0399. The summed E-state index contributed by atoms with van der Waals surface area (Å²) in [6.45, 7) is 19.5. The molecule has 3 aromatic rings. The van der Waals surface area contributed by atoms with Gasteiger partial charge in [0.25, 0.3) is 0 Å². The number of allylic oxidation sites excluding steroid dienone is 2. The van der Waals surface area contributed by atoms with Crippen molar-refractivity contribution in [3.63, 3.8) is 0 Å². The first-order chi connectivity index (χ1) is 12.9. The molecule has 3 rings (SSSR count). The molecule has 2 aromatic carbocycles. The molecule has 0 aliphatic heterocycles. The molecule has 0 atom stereocenters. The Balaban J connectivity index is 0.00000126. The van der Waals surface area contributed by atoms with Crippen LogP contribution in [0, 0.1) is 6.92 Å². The summed E-state index contributed by atoms with van der Waals surface area (Å²) in [4.78, 5) is 16.7. The van der Waals surface area contributed by atoms with Crippen molar-refractivity contribution in [2.75, 3.05) is 0 Å². The van der Waals surface area contributed by atoms with E-state index in [9.17, 15) is 4.79 Å². The summed E-state index contributed by atoms with van der Waals surface area (Å²) >= 11 is 0. The SMILES string of the molecule is C=Cc1ccc2cc3c(nc(C)n3C(C)=O)c(C=C)c2c1/C(C)=C\C.CC. The molecule has 1 heterocycles. The third kappa shape index (κ3) is 3.25. The Morgan fingerprint density at radius 1 is 1.15 bits per heavy atom. The number of benzene rings is 2. The molecule has 0 amide bonds. The summed E-state index contributed by atoms with van der Waals surface area (Å²) < 4.78 is 1.66. The highest BCUT2D eigenvalue weighted by atomic mass is 16.1. The zero-order valence-electron chi connectivity index (χ0n) is 17.2. The van der Waals surface area contributed by atoms with E-state index in [2.05, 4.69) is 43.3 Å². The van der Waals surface area contributed by atoms with E-state index in [-0.39, 0.29) is 5.91 Å². The average Bonchev–Trinajstić information content (AvgIpc) is 3.01. The summed E-state index contributed by atoms with van der Waals surface area (Å²) in [6, 6.07) is 6.17. The number of nitrogens with zero attached hydrogens (tertiary/aromatic N) is 2. The van der Waals surface area contributed by atoms with Crippen LogP contribution in [0.15, 0.2) is 37.4 Å². The predicted molar refractivity (Wildman–Crippen MR) is 119 cm³/mol. The van der Waals surface area contributed by atoms with E-state index in [1.165, 1.54) is 5.57 Å². The van der Waals surface area contributed by atoms with Crippen molar-refractivity contribution in [2.24, 2.45) is 0 Å². The molecule has 1 aromatic heterocycles. The molecule has 0 radical (unpaired) electrons. The van der Waals surface area contributed by atoms with Crippen molar-refractivity contribution in [1.82, 2.24) is 9.55 Å². The van der Waals surface area contributed by atoms with E-state index in [1.807, 2.05) is 45.9 Å². The second-order valence-electron chi connectivity index (χ2n) is 6.18. The maximum atomic E-state index is 12.1. The van der Waals surface area contributed by atoms with Crippen molar-refractivity contribution >= 4 is 45.4 Å². The standard InChI is InChI=1S/C22H22N2O.C2H6/c1-7-13(4)20-16(8-2)10-11-17-12-19-22(18(9-3)21(17)20)23-14(5)24(19)15(6)25;1-2/h7-12H,2-3H2,1,4-6H3;1-2H3/b13-7-;. The number of aromatic nitrogens is 2. The summed E-state index contributed by atoms with van der Waals surface area (Å²) in [5.41, 5.74) is 5.97. The highest BCUT2D eigenvalue weighted by Crippen LogP contribution is 2.36. The quantitative estimate of drug-likeness (QED) is 0.509. The lowest BCUT2D eigenvalue weighted by Crippen LogP contribution is -2.07. The lowest BCUT2D eigenvalue weighted by molar-refractivity contribution is 0.0939. The Morgan fingerprint density at radius 2 is 1.81 bits per heavy atom. The molecule has 0 saturated carbocycles. The fraction of sp³-hybridized carbons (Fsp3) is 0.250. The topological polar surface area (TPSA) is 34.9 Å². The largest absolute Gasteiger partial charge is 0.274 e. The molecular formula is C24H28N2O. The van der Waals surface area contributed by atoms with Gasteiger partial charge in [-0.15, -0.1) is 0 Å². The van der Waals surface area contributed by atoms with E-state index < -0.39 is 0 Å². The summed E-state index contributed by atoms with van der Waals surface area (Å²) in [6.07, 6.45) is 5.80. The minimum Gasteiger partial charge on any atom is -0.274 e. The van der Waals surface area contributed by atoms with Crippen LogP contribution >= 0.6 is 0 Å². The first-order valence-corrected chi connectivity index (χ1v) is 9.32. The summed E-state index contributed by atoms with van der Waals surface area (Å²) in [5.74, 6) is 0.649. The van der Waals surface area contributed by atoms with E-state index >= 15 is 0 Å². The maximum Gasteiger partial charge on any atom is 0.229 e. The van der Waals surface area contributed by atoms with Gasteiger partial charge in [-0.05, 0) is 54.3 Å². The first-order valence-electron chi connectivity index (χ1n) is 9.32. The van der Waals surface area contributed by atoms with Gasteiger partial charge in [0.05, 0.1) is 11.0 Å². The predicted octanol–water partition coefficient (Wildman–Crippen LogP) is 6.89. The molecule has 0 N–H and O–H groups in total. The number of hydrogen-bond acceptors (Lipinski definition) is 2. The van der Waals surface area contributed by atoms with Crippen LogP contribution in [-0.2, 0) is 0 Å². The van der Waals surface area contributed by atoms with Crippen molar-refractivity contribution in [2.45, 2.75) is 41.5 Å². The van der Waals surface area contributed by atoms with Crippen LogP contribution in [-0.4, -0.2) is 15.5 Å².